The Hall–Kier alpha value is -1.94. The van der Waals surface area contributed by atoms with Gasteiger partial charge in [-0.05, 0) is 12.1 Å². The lowest BCUT2D eigenvalue weighted by Gasteiger charge is -1.97. The molecule has 88 valence electrons. The Morgan fingerprint density at radius 2 is 1.94 bits per heavy atom. The molecule has 0 saturated carbocycles. The molecule has 0 amide bonds. The summed E-state index contributed by atoms with van der Waals surface area (Å²) in [5, 5.41) is 0. The quantitative estimate of drug-likeness (QED) is 0.678. The molecule has 0 aliphatic rings. The molecule has 0 spiro atoms. The molecule has 1 aromatic carbocycles. The molecule has 0 N–H and O–H groups in total. The maximum Gasteiger partial charge on any atom is 0.169 e. The number of aldehydes is 1. The van der Waals surface area contributed by atoms with Crippen molar-refractivity contribution < 1.29 is 4.79 Å². The topological polar surface area (TPSA) is 34.4 Å². The molecule has 3 nitrogen and oxygen atoms in total. The van der Waals surface area contributed by atoms with Gasteiger partial charge >= 0.3 is 0 Å². The van der Waals surface area contributed by atoms with E-state index >= 15 is 0 Å². The highest BCUT2D eigenvalue weighted by Crippen LogP contribution is 2.24. The van der Waals surface area contributed by atoms with E-state index in [4.69, 9.17) is 0 Å². The van der Waals surface area contributed by atoms with Crippen molar-refractivity contribution in [2.75, 3.05) is 0 Å². The van der Waals surface area contributed by atoms with Gasteiger partial charge in [-0.25, -0.2) is 4.98 Å². The van der Waals surface area contributed by atoms with Crippen LogP contribution in [0.3, 0.4) is 0 Å². The molecule has 3 rings (SSSR count). The Morgan fingerprint density at radius 3 is 2.67 bits per heavy atom. The summed E-state index contributed by atoms with van der Waals surface area (Å²) in [6.07, 6.45) is 2.68. The summed E-state index contributed by atoms with van der Waals surface area (Å²) < 4.78 is 2.73. The average Bonchev–Trinajstić information content (AvgIpc) is 2.77. The summed E-state index contributed by atoms with van der Waals surface area (Å²) in [4.78, 5) is 15.8. The second-order valence-electron chi connectivity index (χ2n) is 3.90. The Bertz CT molecular complexity index is 719. The van der Waals surface area contributed by atoms with Crippen LogP contribution in [0, 0.1) is 0 Å². The van der Waals surface area contributed by atoms with Crippen LogP contribution in [0.15, 0.2) is 53.1 Å². The van der Waals surface area contributed by atoms with Crippen LogP contribution in [-0.2, 0) is 0 Å². The monoisotopic (exact) mass is 300 g/mol. The first kappa shape index (κ1) is 11.2. The van der Waals surface area contributed by atoms with Crippen molar-refractivity contribution in [1.82, 2.24) is 9.38 Å². The van der Waals surface area contributed by atoms with Gasteiger partial charge in [-0.1, -0.05) is 46.3 Å². The number of hydrogen-bond acceptors (Lipinski definition) is 2. The summed E-state index contributed by atoms with van der Waals surface area (Å²) >= 11 is 3.40. The van der Waals surface area contributed by atoms with Crippen LogP contribution < -0.4 is 0 Å². The molecule has 0 radical (unpaired) electrons. The molecule has 0 aliphatic heterocycles. The van der Waals surface area contributed by atoms with E-state index in [1.165, 1.54) is 0 Å². The third-order valence-electron chi connectivity index (χ3n) is 2.78. The number of benzene rings is 1. The van der Waals surface area contributed by atoms with E-state index in [1.807, 2.05) is 48.7 Å². The third-order valence-corrected chi connectivity index (χ3v) is 3.28. The zero-order chi connectivity index (χ0) is 12.5. The number of pyridine rings is 1. The second kappa shape index (κ2) is 4.38. The Labute approximate surface area is 112 Å². The van der Waals surface area contributed by atoms with Crippen LogP contribution in [0.4, 0.5) is 0 Å². The fourth-order valence-electron chi connectivity index (χ4n) is 1.96. The van der Waals surface area contributed by atoms with Crippen molar-refractivity contribution in [2.24, 2.45) is 0 Å². The molecule has 0 aliphatic carbocycles. The van der Waals surface area contributed by atoms with Gasteiger partial charge in [-0.3, -0.25) is 9.20 Å². The second-order valence-corrected chi connectivity index (χ2v) is 4.82. The maximum absolute atomic E-state index is 11.3. The number of imidazole rings is 1. The number of hydrogen-bond donors (Lipinski definition) is 0. The van der Waals surface area contributed by atoms with E-state index in [1.54, 1.807) is 4.40 Å². The highest BCUT2D eigenvalue weighted by atomic mass is 79.9. The van der Waals surface area contributed by atoms with Crippen molar-refractivity contribution in [3.8, 4) is 11.3 Å². The van der Waals surface area contributed by atoms with E-state index in [-0.39, 0.29) is 0 Å². The normalized spacial score (nSPS) is 10.7. The molecule has 4 heteroatoms. The standard InChI is InChI=1S/C14H9BrN2O/c15-11-6-7-17-12(9-18)14(16-13(17)8-11)10-4-2-1-3-5-10/h1-9H. The van der Waals surface area contributed by atoms with Gasteiger partial charge in [0.1, 0.15) is 17.0 Å². The van der Waals surface area contributed by atoms with Gasteiger partial charge in [-0.2, -0.15) is 0 Å². The summed E-state index contributed by atoms with van der Waals surface area (Å²) in [6.45, 7) is 0. The SMILES string of the molecule is O=Cc1c(-c2ccccc2)nc2cc(Br)ccn12. The van der Waals surface area contributed by atoms with Crippen molar-refractivity contribution in [1.29, 1.82) is 0 Å². The van der Waals surface area contributed by atoms with E-state index in [0.29, 0.717) is 11.4 Å². The van der Waals surface area contributed by atoms with Crippen LogP contribution in [0.2, 0.25) is 0 Å². The summed E-state index contributed by atoms with van der Waals surface area (Å²) in [5.41, 5.74) is 2.98. The van der Waals surface area contributed by atoms with Gasteiger partial charge < -0.3 is 0 Å². The first-order valence-corrected chi connectivity index (χ1v) is 6.27. The van der Waals surface area contributed by atoms with Gasteiger partial charge in [-0.15, -0.1) is 0 Å². The molecule has 18 heavy (non-hydrogen) atoms. The first-order chi connectivity index (χ1) is 8.79. The lowest BCUT2D eigenvalue weighted by atomic mass is 10.1. The summed E-state index contributed by atoms with van der Waals surface area (Å²) in [6, 6.07) is 13.5. The number of aromatic nitrogens is 2. The molecule has 2 aromatic heterocycles. The molecule has 3 aromatic rings. The minimum absolute atomic E-state index is 0.573. The highest BCUT2D eigenvalue weighted by Gasteiger charge is 2.12. The highest BCUT2D eigenvalue weighted by molar-refractivity contribution is 9.10. The van der Waals surface area contributed by atoms with Crippen LogP contribution >= 0.6 is 15.9 Å². The Balaban J connectivity index is 2.33. The summed E-state index contributed by atoms with van der Waals surface area (Å²) in [7, 11) is 0. The third kappa shape index (κ3) is 1.75. The first-order valence-electron chi connectivity index (χ1n) is 5.48. The predicted octanol–water partition coefficient (Wildman–Crippen LogP) is 3.58. The fourth-order valence-corrected chi connectivity index (χ4v) is 2.28. The fraction of sp³-hybridized carbons (Fsp3) is 0. The van der Waals surface area contributed by atoms with E-state index < -0.39 is 0 Å². The molecule has 0 fully saturated rings. The Morgan fingerprint density at radius 1 is 1.17 bits per heavy atom. The van der Waals surface area contributed by atoms with Crippen molar-refractivity contribution in [2.45, 2.75) is 0 Å². The molecule has 0 bridgehead atoms. The molecular weight excluding hydrogens is 292 g/mol. The smallest absolute Gasteiger partial charge is 0.169 e. The number of fused-ring (bicyclic) bond motifs is 1. The molecule has 0 unspecified atom stereocenters. The summed E-state index contributed by atoms with van der Waals surface area (Å²) in [5.74, 6) is 0. The zero-order valence-electron chi connectivity index (χ0n) is 9.38. The van der Waals surface area contributed by atoms with Crippen LogP contribution in [0.1, 0.15) is 10.5 Å². The number of nitrogens with zero attached hydrogens (tertiary/aromatic N) is 2. The van der Waals surface area contributed by atoms with Crippen molar-refractivity contribution in [3.63, 3.8) is 0 Å². The number of carbonyl (C=O) groups is 1. The van der Waals surface area contributed by atoms with Gasteiger partial charge in [0.2, 0.25) is 0 Å². The minimum Gasteiger partial charge on any atom is -0.297 e. The average molecular weight is 301 g/mol. The molecule has 2 heterocycles. The lowest BCUT2D eigenvalue weighted by molar-refractivity contribution is 0.111. The van der Waals surface area contributed by atoms with Crippen molar-refractivity contribution >= 4 is 27.9 Å². The predicted molar refractivity (Wildman–Crippen MR) is 73.7 cm³/mol. The van der Waals surface area contributed by atoms with Gasteiger partial charge in [0.25, 0.3) is 0 Å². The van der Waals surface area contributed by atoms with Crippen molar-refractivity contribution in [3.05, 3.63) is 58.8 Å². The maximum atomic E-state index is 11.3. The zero-order valence-corrected chi connectivity index (χ0v) is 11.0. The van der Waals surface area contributed by atoms with E-state index in [2.05, 4.69) is 20.9 Å². The number of carbonyl (C=O) groups excluding carboxylic acids is 1. The molecular formula is C14H9BrN2O. The van der Waals surface area contributed by atoms with E-state index in [9.17, 15) is 4.79 Å². The molecule has 0 saturated heterocycles. The van der Waals surface area contributed by atoms with Crippen LogP contribution in [0.5, 0.6) is 0 Å². The molecule has 0 atom stereocenters. The van der Waals surface area contributed by atoms with Crippen LogP contribution in [-0.4, -0.2) is 15.7 Å². The van der Waals surface area contributed by atoms with Gasteiger partial charge in [0.05, 0.1) is 0 Å². The number of halogens is 1. The van der Waals surface area contributed by atoms with Gasteiger partial charge in [0.15, 0.2) is 6.29 Å². The Kier molecular flexibility index (Phi) is 2.72. The van der Waals surface area contributed by atoms with Crippen LogP contribution in [0.25, 0.3) is 16.9 Å². The van der Waals surface area contributed by atoms with E-state index in [0.717, 1.165) is 22.0 Å². The minimum atomic E-state index is 0.573. The largest absolute Gasteiger partial charge is 0.297 e. The van der Waals surface area contributed by atoms with Gasteiger partial charge in [0, 0.05) is 16.2 Å². The number of rotatable bonds is 2. The lowest BCUT2D eigenvalue weighted by Crippen LogP contribution is -1.91.